The fourth-order valence-corrected chi connectivity index (χ4v) is 1.35. The van der Waals surface area contributed by atoms with E-state index in [-0.39, 0.29) is 0 Å². The van der Waals surface area contributed by atoms with Crippen molar-refractivity contribution < 1.29 is 19.5 Å². The van der Waals surface area contributed by atoms with Crippen LogP contribution in [0.15, 0.2) is 24.3 Å². The first-order chi connectivity index (χ1) is 8.45. The lowest BCUT2D eigenvalue weighted by Crippen LogP contribution is -2.44. The topological polar surface area (TPSA) is 78.9 Å². The van der Waals surface area contributed by atoms with E-state index in [1.807, 2.05) is 0 Å². The lowest BCUT2D eigenvalue weighted by molar-refractivity contribution is -0.161. The average molecular weight is 273 g/mol. The van der Waals surface area contributed by atoms with E-state index in [2.05, 4.69) is 5.32 Å². The predicted molar refractivity (Wildman–Crippen MR) is 66.4 cm³/mol. The van der Waals surface area contributed by atoms with E-state index in [0.29, 0.717) is 10.7 Å². The molecule has 0 aromatic heterocycles. The summed E-state index contributed by atoms with van der Waals surface area (Å²) >= 11 is 5.70. The highest BCUT2D eigenvalue weighted by Gasteiger charge is 2.25. The van der Waals surface area contributed by atoms with Crippen LogP contribution in [0.4, 0.5) is 10.5 Å². The number of carboxylic acids is 1. The highest BCUT2D eigenvalue weighted by atomic mass is 35.5. The monoisotopic (exact) mass is 272 g/mol. The molecule has 7 heteroatoms. The van der Waals surface area contributed by atoms with Gasteiger partial charge >= 0.3 is 12.0 Å². The molecular formula is C11H13ClN2O4. The zero-order valence-corrected chi connectivity index (χ0v) is 10.6. The lowest BCUT2D eigenvalue weighted by Gasteiger charge is -2.23. The van der Waals surface area contributed by atoms with Gasteiger partial charge in [-0.25, -0.2) is 9.59 Å². The molecule has 0 aliphatic heterocycles. The zero-order valence-electron chi connectivity index (χ0n) is 9.88. The van der Waals surface area contributed by atoms with Gasteiger partial charge in [-0.05, 0) is 31.2 Å². The van der Waals surface area contributed by atoms with Crippen molar-refractivity contribution in [3.8, 4) is 0 Å². The molecule has 18 heavy (non-hydrogen) atoms. The quantitative estimate of drug-likeness (QED) is 0.824. The number of hydroxylamine groups is 2. The molecule has 0 saturated carbocycles. The molecule has 98 valence electrons. The van der Waals surface area contributed by atoms with Gasteiger partial charge in [-0.1, -0.05) is 11.6 Å². The van der Waals surface area contributed by atoms with Crippen molar-refractivity contribution in [2.45, 2.75) is 13.0 Å². The molecule has 0 aliphatic carbocycles. The fraction of sp³-hybridized carbons (Fsp3) is 0.273. The van der Waals surface area contributed by atoms with Crippen molar-refractivity contribution in [2.75, 3.05) is 12.4 Å². The Morgan fingerprint density at radius 2 is 1.94 bits per heavy atom. The van der Waals surface area contributed by atoms with Gasteiger partial charge in [0.2, 0.25) is 0 Å². The van der Waals surface area contributed by atoms with Crippen LogP contribution in [0.25, 0.3) is 0 Å². The zero-order chi connectivity index (χ0) is 13.7. The number of halogens is 1. The second-order valence-corrected chi connectivity index (χ2v) is 3.90. The van der Waals surface area contributed by atoms with Crippen molar-refractivity contribution in [3.05, 3.63) is 29.3 Å². The molecular weight excluding hydrogens is 260 g/mol. The molecule has 2 N–H and O–H groups in total. The second kappa shape index (κ2) is 6.23. The highest BCUT2D eigenvalue weighted by molar-refractivity contribution is 6.30. The average Bonchev–Trinajstić information content (AvgIpc) is 2.32. The number of amides is 2. The Kier molecular flexibility index (Phi) is 4.94. The molecule has 1 atom stereocenters. The third-order valence-corrected chi connectivity index (χ3v) is 2.45. The van der Waals surface area contributed by atoms with Gasteiger partial charge in [-0.3, -0.25) is 4.84 Å². The molecule has 1 rings (SSSR count). The summed E-state index contributed by atoms with van der Waals surface area (Å²) in [5, 5.41) is 12.6. The summed E-state index contributed by atoms with van der Waals surface area (Å²) in [6.07, 6.45) is 0. The first-order valence-corrected chi connectivity index (χ1v) is 5.46. The van der Waals surface area contributed by atoms with Crippen LogP contribution < -0.4 is 5.32 Å². The van der Waals surface area contributed by atoms with Crippen LogP contribution in [0.2, 0.25) is 5.02 Å². The summed E-state index contributed by atoms with van der Waals surface area (Å²) in [5.41, 5.74) is 0.490. The van der Waals surface area contributed by atoms with Gasteiger partial charge in [0, 0.05) is 10.7 Å². The van der Waals surface area contributed by atoms with E-state index < -0.39 is 18.0 Å². The number of carbonyl (C=O) groups excluding carboxylic acids is 1. The highest BCUT2D eigenvalue weighted by Crippen LogP contribution is 2.14. The number of aliphatic carboxylic acids is 1. The molecule has 0 bridgehead atoms. The summed E-state index contributed by atoms with van der Waals surface area (Å²) in [7, 11) is 1.22. The van der Waals surface area contributed by atoms with Crippen LogP contribution in [-0.2, 0) is 9.63 Å². The van der Waals surface area contributed by atoms with Gasteiger partial charge in [0.1, 0.15) is 0 Å². The minimum absolute atomic E-state index is 0.490. The van der Waals surface area contributed by atoms with E-state index >= 15 is 0 Å². The number of rotatable bonds is 4. The normalized spacial score (nSPS) is 11.7. The smallest absolute Gasteiger partial charge is 0.346 e. The van der Waals surface area contributed by atoms with Gasteiger partial charge in [0.15, 0.2) is 6.04 Å². The molecule has 0 heterocycles. The summed E-state index contributed by atoms with van der Waals surface area (Å²) in [6.45, 7) is 1.34. The van der Waals surface area contributed by atoms with Gasteiger partial charge in [-0.2, -0.15) is 5.06 Å². The second-order valence-electron chi connectivity index (χ2n) is 3.46. The number of hydrogen-bond donors (Lipinski definition) is 2. The summed E-state index contributed by atoms with van der Waals surface area (Å²) in [5.74, 6) is -1.16. The molecule has 1 aromatic rings. The van der Waals surface area contributed by atoms with Crippen molar-refractivity contribution in [1.29, 1.82) is 0 Å². The molecule has 0 spiro atoms. The van der Waals surface area contributed by atoms with Crippen LogP contribution >= 0.6 is 11.6 Å². The van der Waals surface area contributed by atoms with E-state index in [9.17, 15) is 9.59 Å². The molecule has 6 nitrogen and oxygen atoms in total. The Morgan fingerprint density at radius 3 is 2.39 bits per heavy atom. The third kappa shape index (κ3) is 3.61. The minimum atomic E-state index is -1.16. The fourth-order valence-electron chi connectivity index (χ4n) is 1.23. The molecule has 2 amide bonds. The Morgan fingerprint density at radius 1 is 1.39 bits per heavy atom. The van der Waals surface area contributed by atoms with Crippen LogP contribution in [-0.4, -0.2) is 35.3 Å². The van der Waals surface area contributed by atoms with Gasteiger partial charge < -0.3 is 10.4 Å². The number of nitrogens with one attached hydrogen (secondary N) is 1. The first kappa shape index (κ1) is 14.3. The number of nitrogens with zero attached hydrogens (tertiary/aromatic N) is 1. The molecule has 1 unspecified atom stereocenters. The summed E-state index contributed by atoms with van der Waals surface area (Å²) < 4.78 is 0. The third-order valence-electron chi connectivity index (χ3n) is 2.20. The Hall–Kier alpha value is -1.79. The maximum atomic E-state index is 11.8. The van der Waals surface area contributed by atoms with E-state index in [0.717, 1.165) is 5.06 Å². The number of urea groups is 1. The van der Waals surface area contributed by atoms with E-state index in [1.165, 1.54) is 14.0 Å². The number of carbonyl (C=O) groups is 2. The summed E-state index contributed by atoms with van der Waals surface area (Å²) in [6, 6.07) is 4.64. The summed E-state index contributed by atoms with van der Waals surface area (Å²) in [4.78, 5) is 27.3. The van der Waals surface area contributed by atoms with Gasteiger partial charge in [-0.15, -0.1) is 0 Å². The Balaban J connectivity index is 2.74. The Labute approximate surface area is 109 Å². The van der Waals surface area contributed by atoms with Crippen LogP contribution in [0.5, 0.6) is 0 Å². The van der Waals surface area contributed by atoms with Crippen LogP contribution in [0.1, 0.15) is 6.92 Å². The lowest BCUT2D eigenvalue weighted by atomic mass is 10.3. The van der Waals surface area contributed by atoms with Crippen molar-refractivity contribution in [2.24, 2.45) is 0 Å². The van der Waals surface area contributed by atoms with Crippen LogP contribution in [0.3, 0.4) is 0 Å². The molecule has 0 aliphatic rings. The molecule has 0 fully saturated rings. The number of anilines is 1. The maximum Gasteiger partial charge on any atom is 0.346 e. The van der Waals surface area contributed by atoms with E-state index in [1.54, 1.807) is 24.3 Å². The number of carboxylic acid groups (broad SMARTS) is 1. The SMILES string of the molecule is CON(C(=O)Nc1ccc(Cl)cc1)C(C)C(=O)O. The first-order valence-electron chi connectivity index (χ1n) is 5.08. The molecule has 1 aromatic carbocycles. The van der Waals surface area contributed by atoms with Crippen molar-refractivity contribution >= 4 is 29.3 Å². The van der Waals surface area contributed by atoms with E-state index in [4.69, 9.17) is 21.5 Å². The predicted octanol–water partition coefficient (Wildman–Crippen LogP) is 2.21. The standard InChI is InChI=1S/C11H13ClN2O4/c1-7(10(15)16)14(18-2)11(17)13-9-5-3-8(12)4-6-9/h3-7H,1-2H3,(H,13,17)(H,15,16). The van der Waals surface area contributed by atoms with Crippen molar-refractivity contribution in [1.82, 2.24) is 5.06 Å². The minimum Gasteiger partial charge on any atom is -0.480 e. The van der Waals surface area contributed by atoms with Gasteiger partial charge in [0.05, 0.1) is 7.11 Å². The maximum absolute atomic E-state index is 11.8. The van der Waals surface area contributed by atoms with Crippen LogP contribution in [0, 0.1) is 0 Å². The number of benzene rings is 1. The Bertz CT molecular complexity index is 435. The molecule has 0 saturated heterocycles. The van der Waals surface area contributed by atoms with Gasteiger partial charge in [0.25, 0.3) is 0 Å². The largest absolute Gasteiger partial charge is 0.480 e. The number of hydrogen-bond acceptors (Lipinski definition) is 3. The molecule has 0 radical (unpaired) electrons. The van der Waals surface area contributed by atoms with Crippen molar-refractivity contribution in [3.63, 3.8) is 0 Å².